The van der Waals surface area contributed by atoms with Gasteiger partial charge in [0.1, 0.15) is 31.5 Å². The molecule has 382 valence electrons. The zero-order valence-corrected chi connectivity index (χ0v) is 43.2. The lowest BCUT2D eigenvalue weighted by Crippen LogP contribution is -2.34. The molecule has 0 radical (unpaired) electrons. The summed E-state index contributed by atoms with van der Waals surface area (Å²) in [5.74, 6) is -2.23. The highest BCUT2D eigenvalue weighted by atomic mass is 35.5. The number of carbonyl (C=O) groups is 2. The molecular weight excluding hydrogens is 976 g/mol. The molecule has 10 nitrogen and oxygen atoms in total. The quantitative estimate of drug-likeness (QED) is 0.0251. The van der Waals surface area contributed by atoms with Gasteiger partial charge in [-0.25, -0.2) is 13.2 Å². The van der Waals surface area contributed by atoms with Gasteiger partial charge in [0, 0.05) is 60.3 Å². The fourth-order valence-corrected chi connectivity index (χ4v) is 9.76. The van der Waals surface area contributed by atoms with Crippen LogP contribution >= 0.6 is 23.2 Å². The molecule has 5 aromatic carbocycles. The lowest BCUT2D eigenvalue weighted by atomic mass is 9.61. The summed E-state index contributed by atoms with van der Waals surface area (Å²) in [7, 11) is -1.19. The number of hydrogen-bond donors (Lipinski definition) is 3. The van der Waals surface area contributed by atoms with E-state index in [1.807, 2.05) is 43.3 Å². The minimum atomic E-state index is -4.06. The van der Waals surface area contributed by atoms with Crippen LogP contribution < -0.4 is 5.32 Å². The summed E-state index contributed by atoms with van der Waals surface area (Å²) in [5, 5.41) is 24.0. The number of alkyl halides is 1. The molecule has 0 amide bonds. The van der Waals surface area contributed by atoms with Gasteiger partial charge in [0.2, 0.25) is 0 Å². The van der Waals surface area contributed by atoms with Crippen LogP contribution in [0.1, 0.15) is 29.5 Å². The van der Waals surface area contributed by atoms with Crippen molar-refractivity contribution in [2.45, 2.75) is 63.8 Å². The van der Waals surface area contributed by atoms with Gasteiger partial charge in [0.25, 0.3) is 23.9 Å². The smallest absolute Gasteiger partial charge is 0.296 e. The van der Waals surface area contributed by atoms with Gasteiger partial charge in [-0.2, -0.15) is 8.42 Å². The minimum Gasteiger partial charge on any atom is -0.451 e. The third-order valence-corrected chi connectivity index (χ3v) is 13.7. The second-order valence-corrected chi connectivity index (χ2v) is 20.5. The Hall–Kier alpha value is -4.35. The molecule has 0 aliphatic heterocycles. The number of ketones is 2. The fourth-order valence-electron chi connectivity index (χ4n) is 8.47. The molecule has 0 fully saturated rings. The van der Waals surface area contributed by atoms with Crippen LogP contribution in [0.2, 0.25) is 36.3 Å². The number of rotatable bonds is 28. The maximum Gasteiger partial charge on any atom is 0.296 e. The van der Waals surface area contributed by atoms with Gasteiger partial charge >= 0.3 is 0 Å². The van der Waals surface area contributed by atoms with Gasteiger partial charge in [-0.3, -0.25) is 13.8 Å². The van der Waals surface area contributed by atoms with Crippen LogP contribution in [0.3, 0.4) is 0 Å². The van der Waals surface area contributed by atoms with Crippen molar-refractivity contribution < 1.29 is 54.9 Å². The Morgan fingerprint density at radius 1 is 0.676 bits per heavy atom. The number of hydrogen-bond acceptors (Lipinski definition) is 10. The van der Waals surface area contributed by atoms with E-state index >= 15 is 0 Å². The normalized spacial score (nSPS) is 13.1. The number of carbonyl (C=O) groups excluding carboxylic acids is 2. The number of halogens is 5. The van der Waals surface area contributed by atoms with E-state index < -0.39 is 36.5 Å². The first-order valence-corrected chi connectivity index (χ1v) is 25.7. The predicted octanol–water partition coefficient (Wildman–Crippen LogP) is 10.6. The first kappa shape index (κ1) is 59.2. The SMILES string of the molecule is COCC(=O)[C@H](CNCCF)C[C@H](CB(C)O)Cc1ccc(-c2cc(Cl)ccc2F)cc1.COCC(=O)[C@H](COS(=O)(=O)c1ccc(C)cc1)C[C@H](CB(C)O)Cc1ccc(-c2cc(Cl)ccc2F)cc1. The number of benzene rings is 5. The number of methoxy groups -OCH3 is 2. The van der Waals surface area contributed by atoms with Crippen molar-refractivity contribution in [3.05, 3.63) is 148 Å². The molecule has 0 aromatic heterocycles. The number of Topliss-reactive ketones (excluding diaryl/α,β-unsaturated/α-hetero) is 2. The summed E-state index contributed by atoms with van der Waals surface area (Å²) in [6.07, 6.45) is 2.95. The van der Waals surface area contributed by atoms with Crippen molar-refractivity contribution in [3.8, 4) is 22.3 Å². The van der Waals surface area contributed by atoms with E-state index in [0.717, 1.165) is 22.3 Å². The molecule has 0 unspecified atom stereocenters. The molecule has 3 N–H and O–H groups in total. The summed E-state index contributed by atoms with van der Waals surface area (Å²) >= 11 is 12.0. The highest BCUT2D eigenvalue weighted by Crippen LogP contribution is 2.31. The van der Waals surface area contributed by atoms with Gasteiger partial charge < -0.3 is 24.8 Å². The summed E-state index contributed by atoms with van der Waals surface area (Å²) < 4.78 is 81.7. The van der Waals surface area contributed by atoms with Gasteiger partial charge in [0.05, 0.1) is 11.5 Å². The van der Waals surface area contributed by atoms with E-state index in [2.05, 4.69) is 5.32 Å². The van der Waals surface area contributed by atoms with E-state index in [1.165, 1.54) is 50.6 Å². The molecule has 0 aliphatic carbocycles. The fraction of sp³-hybridized carbons (Fsp3) is 0.396. The van der Waals surface area contributed by atoms with Crippen LogP contribution in [-0.2, 0) is 46.2 Å². The van der Waals surface area contributed by atoms with Crippen molar-refractivity contribution in [1.82, 2.24) is 5.32 Å². The second kappa shape index (κ2) is 30.0. The Morgan fingerprint density at radius 2 is 1.11 bits per heavy atom. The van der Waals surface area contributed by atoms with Gasteiger partial charge in [-0.05, 0) is 128 Å². The van der Waals surface area contributed by atoms with Crippen LogP contribution in [0.5, 0.6) is 0 Å². The maximum absolute atomic E-state index is 14.3. The number of aryl methyl sites for hydroxylation is 1. The monoisotopic (exact) mass is 1040 g/mol. The van der Waals surface area contributed by atoms with Crippen LogP contribution in [0, 0.1) is 42.2 Å². The Morgan fingerprint density at radius 3 is 1.54 bits per heavy atom. The summed E-state index contributed by atoms with van der Waals surface area (Å²) in [6, 6.07) is 30.0. The molecule has 0 bridgehead atoms. The predicted molar refractivity (Wildman–Crippen MR) is 279 cm³/mol. The zero-order valence-electron chi connectivity index (χ0n) is 40.9. The van der Waals surface area contributed by atoms with Gasteiger partial charge in [-0.15, -0.1) is 0 Å². The molecule has 5 rings (SSSR count). The summed E-state index contributed by atoms with van der Waals surface area (Å²) in [6.45, 7) is 3.65. The molecule has 0 saturated heterocycles. The largest absolute Gasteiger partial charge is 0.451 e. The van der Waals surface area contributed by atoms with E-state index in [9.17, 15) is 41.2 Å². The Bertz CT molecular complexity index is 2540. The van der Waals surface area contributed by atoms with E-state index in [0.29, 0.717) is 71.6 Å². The first-order valence-electron chi connectivity index (χ1n) is 23.5. The third-order valence-electron chi connectivity index (χ3n) is 11.9. The first-order chi connectivity index (χ1) is 33.8. The number of ether oxygens (including phenoxy) is 2. The average Bonchev–Trinajstić information content (AvgIpc) is 3.32. The maximum atomic E-state index is 14.3. The van der Waals surface area contributed by atoms with Crippen molar-refractivity contribution in [3.63, 3.8) is 0 Å². The van der Waals surface area contributed by atoms with Crippen molar-refractivity contribution >= 4 is 58.7 Å². The van der Waals surface area contributed by atoms with E-state index in [4.69, 9.17) is 36.9 Å². The Labute approximate surface area is 428 Å². The standard InChI is InChI=1S/C29H33BClFO6S.C24H31BClF2NO3/c1-20-4-11-26(12-5-20)39(35,36)38-18-24(29(33)19-37-3)15-22(17-30(2)34)14-21-6-8-23(9-7-21)27-16-25(31)10-13-28(27)32;1-25(31)14-18(12-20(15-29-10-9-27)24(30)16-32-2)11-17-3-5-19(6-4-17)22-13-21(26)7-8-23(22)28/h4-13,16,22,24,34H,14-15,17-19H2,1-3H3;3-8,13,18,20,29,31H,9-12,14-16H2,1-2H3/t22-,24+;18-,20+/m11/s1. The van der Waals surface area contributed by atoms with Crippen molar-refractivity contribution in [2.24, 2.45) is 23.7 Å². The van der Waals surface area contributed by atoms with Crippen molar-refractivity contribution in [1.29, 1.82) is 0 Å². The topological polar surface area (TPSA) is 148 Å². The molecule has 4 atom stereocenters. The molecule has 18 heteroatoms. The van der Waals surface area contributed by atoms with Crippen molar-refractivity contribution in [2.75, 3.05) is 53.8 Å². The summed E-state index contributed by atoms with van der Waals surface area (Å²) in [4.78, 5) is 25.4. The lowest BCUT2D eigenvalue weighted by molar-refractivity contribution is -0.128. The van der Waals surface area contributed by atoms with Crippen LogP contribution in [0.25, 0.3) is 22.3 Å². The zero-order chi connectivity index (χ0) is 52.1. The molecular formula is C53H64B2Cl2F3NO9S. The van der Waals surface area contributed by atoms with E-state index in [1.54, 1.807) is 50.0 Å². The molecule has 0 saturated carbocycles. The average molecular weight is 1040 g/mol. The number of nitrogens with one attached hydrogen (secondary N) is 1. The minimum absolute atomic E-state index is 0.00324. The molecule has 0 heterocycles. The molecule has 0 aliphatic rings. The lowest BCUT2D eigenvalue weighted by Gasteiger charge is -2.24. The highest BCUT2D eigenvalue weighted by molar-refractivity contribution is 7.86. The third kappa shape index (κ3) is 20.2. The van der Waals surface area contributed by atoms with E-state index in [-0.39, 0.29) is 72.2 Å². The summed E-state index contributed by atoms with van der Waals surface area (Å²) in [5.41, 5.74) is 5.10. The van der Waals surface area contributed by atoms with Gasteiger partial charge in [-0.1, -0.05) is 103 Å². The van der Waals surface area contributed by atoms with Gasteiger partial charge in [0.15, 0.2) is 11.6 Å². The van der Waals surface area contributed by atoms with Crippen LogP contribution in [-0.4, -0.2) is 97.7 Å². The highest BCUT2D eigenvalue weighted by Gasteiger charge is 2.29. The molecule has 5 aromatic rings. The second-order valence-electron chi connectivity index (χ2n) is 18.1. The Balaban J connectivity index is 0.000000315. The van der Waals surface area contributed by atoms with Crippen LogP contribution in [0.15, 0.2) is 114 Å². The Kier molecular flexibility index (Phi) is 25.0. The van der Waals surface area contributed by atoms with Crippen LogP contribution in [0.4, 0.5) is 13.2 Å². The molecule has 71 heavy (non-hydrogen) atoms. The molecule has 0 spiro atoms.